The zero-order valence-corrected chi connectivity index (χ0v) is 29.2. The second-order valence-corrected chi connectivity index (χ2v) is 14.7. The smallest absolute Gasteiger partial charge is 0.258 e. The summed E-state index contributed by atoms with van der Waals surface area (Å²) in [4.78, 5) is 37.6. The van der Waals surface area contributed by atoms with Crippen LogP contribution in [0.5, 0.6) is 11.5 Å². The van der Waals surface area contributed by atoms with Crippen molar-refractivity contribution in [2.75, 3.05) is 42.9 Å². The number of aromatic nitrogens is 4. The molecule has 3 aliphatic rings. The number of carbonyl (C=O) groups excluding carboxylic acids is 1. The highest BCUT2D eigenvalue weighted by Gasteiger charge is 2.39. The minimum Gasteiger partial charge on any atom is -0.451 e. The van der Waals surface area contributed by atoms with Gasteiger partial charge in [-0.25, -0.2) is 24.3 Å². The zero-order valence-electron chi connectivity index (χ0n) is 29.2. The highest BCUT2D eigenvalue weighted by molar-refractivity contribution is 5.97. The van der Waals surface area contributed by atoms with Crippen LogP contribution in [0.1, 0.15) is 88.7 Å². The van der Waals surface area contributed by atoms with Gasteiger partial charge in [0.1, 0.15) is 24.2 Å². The predicted molar refractivity (Wildman–Crippen MR) is 186 cm³/mol. The van der Waals surface area contributed by atoms with Crippen LogP contribution in [0.3, 0.4) is 0 Å². The van der Waals surface area contributed by atoms with Crippen LogP contribution in [0.2, 0.25) is 0 Å². The Hall–Kier alpha value is -3.86. The van der Waals surface area contributed by atoms with Crippen LogP contribution in [0.15, 0.2) is 43.2 Å². The third kappa shape index (κ3) is 7.72. The summed E-state index contributed by atoms with van der Waals surface area (Å²) in [7, 11) is 0. The second-order valence-electron chi connectivity index (χ2n) is 14.7. The average Bonchev–Trinajstić information content (AvgIpc) is 3.53. The number of piperidine rings is 1. The van der Waals surface area contributed by atoms with Crippen LogP contribution in [0, 0.1) is 24.1 Å². The monoisotopic (exact) mass is 658 g/mol. The Balaban J connectivity index is 1.03. The highest BCUT2D eigenvalue weighted by Crippen LogP contribution is 2.45. The minimum absolute atomic E-state index is 0.0474. The fraction of sp³-hybridized carbons (Fsp3) is 0.595. The molecule has 1 spiro atoms. The third-order valence-corrected chi connectivity index (χ3v) is 10.7. The van der Waals surface area contributed by atoms with Gasteiger partial charge in [-0.1, -0.05) is 0 Å². The number of benzene rings is 1. The Labute approximate surface area is 284 Å². The molecule has 0 unspecified atom stereocenters. The van der Waals surface area contributed by atoms with Crippen molar-refractivity contribution >= 4 is 17.4 Å². The van der Waals surface area contributed by atoms with Crippen molar-refractivity contribution in [3.63, 3.8) is 0 Å². The lowest BCUT2D eigenvalue weighted by molar-refractivity contribution is 0.0584. The molecule has 1 atom stereocenters. The minimum atomic E-state index is -0.480. The van der Waals surface area contributed by atoms with E-state index in [1.807, 2.05) is 40.8 Å². The normalized spacial score (nSPS) is 20.1. The van der Waals surface area contributed by atoms with E-state index in [-0.39, 0.29) is 23.6 Å². The first kappa shape index (κ1) is 34.0. The number of hydrogen-bond acceptors (Lipinski definition) is 9. The van der Waals surface area contributed by atoms with Crippen molar-refractivity contribution in [2.45, 2.75) is 97.7 Å². The van der Waals surface area contributed by atoms with Crippen LogP contribution < -0.4 is 15.0 Å². The van der Waals surface area contributed by atoms with Crippen molar-refractivity contribution in [3.05, 3.63) is 60.3 Å². The van der Waals surface area contributed by atoms with Crippen molar-refractivity contribution in [3.8, 4) is 11.5 Å². The Morgan fingerprint density at radius 3 is 2.40 bits per heavy atom. The fourth-order valence-corrected chi connectivity index (χ4v) is 8.08. The van der Waals surface area contributed by atoms with E-state index in [1.54, 1.807) is 17.4 Å². The number of likely N-dealkylation sites (tertiary alicyclic amines) is 1. The topological polar surface area (TPSA) is 99.6 Å². The Morgan fingerprint density at radius 1 is 0.979 bits per heavy atom. The molecule has 4 heterocycles. The largest absolute Gasteiger partial charge is 0.451 e. The zero-order chi connectivity index (χ0) is 33.8. The van der Waals surface area contributed by atoms with E-state index in [0.29, 0.717) is 34.7 Å². The molecule has 1 N–H and O–H groups in total. The number of carbonyl (C=O) groups is 1. The molecule has 1 amide bonds. The van der Waals surface area contributed by atoms with Gasteiger partial charge >= 0.3 is 0 Å². The summed E-state index contributed by atoms with van der Waals surface area (Å²) in [5.74, 6) is 1.27. The molecule has 10 nitrogen and oxygen atoms in total. The maximum absolute atomic E-state index is 14.4. The summed E-state index contributed by atoms with van der Waals surface area (Å²) in [6, 6.07) is 4.52. The molecule has 1 saturated carbocycles. The molecule has 1 aliphatic carbocycles. The molecule has 2 saturated heterocycles. The second kappa shape index (κ2) is 14.7. The van der Waals surface area contributed by atoms with Crippen molar-refractivity contribution < 1.29 is 13.9 Å². The first-order valence-corrected chi connectivity index (χ1v) is 17.7. The van der Waals surface area contributed by atoms with Gasteiger partial charge in [0, 0.05) is 37.8 Å². The quantitative estimate of drug-likeness (QED) is 0.254. The number of anilines is 2. The summed E-state index contributed by atoms with van der Waals surface area (Å²) >= 11 is 0. The molecule has 1 aromatic carbocycles. The molecule has 0 radical (unpaired) electrons. The number of rotatable bonds is 10. The molecule has 11 heteroatoms. The molecular weight excluding hydrogens is 607 g/mol. The first-order chi connectivity index (χ1) is 23.1. The lowest BCUT2D eigenvalue weighted by Crippen LogP contribution is -2.45. The standard InChI is InChI=1S/C37H51FN8O2/c1-25(2)46(26(3)4)36(47)31-18-29(38)6-7-33(31)48-34-20-40-24-42-35(34)45-15-10-28(22-45)21-44-16-13-37(14-17-44)11-8-30(9-12-37)43-32-19-39-23-41-27(32)5/h6-7,18-20,23-26,28,30,43H,8-17,21-22H2,1-5H3/t28-/m0/s1. The highest BCUT2D eigenvalue weighted by atomic mass is 19.1. The van der Waals surface area contributed by atoms with E-state index in [4.69, 9.17) is 4.74 Å². The molecule has 6 rings (SSSR count). The van der Waals surface area contributed by atoms with Gasteiger partial charge in [0.15, 0.2) is 11.6 Å². The summed E-state index contributed by atoms with van der Waals surface area (Å²) in [5, 5.41) is 3.70. The van der Waals surface area contributed by atoms with Gasteiger partial charge < -0.3 is 24.8 Å². The maximum Gasteiger partial charge on any atom is 0.258 e. The van der Waals surface area contributed by atoms with Crippen LogP contribution >= 0.6 is 0 Å². The van der Waals surface area contributed by atoms with Crippen molar-refractivity contribution in [2.24, 2.45) is 11.3 Å². The number of amides is 1. The number of hydrogen-bond donors (Lipinski definition) is 1. The number of aryl methyl sites for hydroxylation is 1. The number of halogens is 1. The van der Waals surface area contributed by atoms with Crippen LogP contribution in [-0.2, 0) is 0 Å². The van der Waals surface area contributed by atoms with Gasteiger partial charge in [-0.2, -0.15) is 0 Å². The SMILES string of the molecule is Cc1ncncc1NC1CCC2(CC1)CCN(C[C@@H]1CCN(c3ncncc3Oc3ccc(F)cc3C(=O)N(C(C)C)C(C)C)C1)CC2. The molecule has 3 aromatic rings. The van der Waals surface area contributed by atoms with Gasteiger partial charge in [0.25, 0.3) is 5.91 Å². The van der Waals surface area contributed by atoms with Crippen LogP contribution in [0.25, 0.3) is 0 Å². The first-order valence-electron chi connectivity index (χ1n) is 17.7. The van der Waals surface area contributed by atoms with E-state index in [1.165, 1.54) is 63.1 Å². The van der Waals surface area contributed by atoms with Gasteiger partial charge in [-0.05, 0) is 122 Å². The van der Waals surface area contributed by atoms with Crippen molar-refractivity contribution in [1.82, 2.24) is 29.7 Å². The van der Waals surface area contributed by atoms with Gasteiger partial charge in [-0.15, -0.1) is 0 Å². The average molecular weight is 659 g/mol. The van der Waals surface area contributed by atoms with E-state index < -0.39 is 5.82 Å². The summed E-state index contributed by atoms with van der Waals surface area (Å²) in [6.45, 7) is 15.0. The Morgan fingerprint density at radius 2 is 1.69 bits per heavy atom. The number of nitrogens with one attached hydrogen (secondary N) is 1. The van der Waals surface area contributed by atoms with Crippen molar-refractivity contribution in [1.29, 1.82) is 0 Å². The maximum atomic E-state index is 14.4. The fourth-order valence-electron chi connectivity index (χ4n) is 8.08. The Bertz CT molecular complexity index is 1540. The summed E-state index contributed by atoms with van der Waals surface area (Å²) in [5.41, 5.74) is 2.75. The third-order valence-electron chi connectivity index (χ3n) is 10.7. The molecule has 2 aromatic heterocycles. The summed E-state index contributed by atoms with van der Waals surface area (Å²) < 4.78 is 20.7. The van der Waals surface area contributed by atoms with Gasteiger partial charge in [0.05, 0.1) is 29.3 Å². The van der Waals surface area contributed by atoms with E-state index in [2.05, 4.69) is 35.1 Å². The van der Waals surface area contributed by atoms with E-state index in [9.17, 15) is 9.18 Å². The molecule has 0 bridgehead atoms. The number of nitrogens with zero attached hydrogens (tertiary/aromatic N) is 7. The molecule has 2 aliphatic heterocycles. The van der Waals surface area contributed by atoms with Gasteiger partial charge in [0.2, 0.25) is 0 Å². The lowest BCUT2D eigenvalue weighted by atomic mass is 9.67. The van der Waals surface area contributed by atoms with E-state index in [0.717, 1.165) is 50.5 Å². The molecule has 3 fully saturated rings. The molecule has 258 valence electrons. The van der Waals surface area contributed by atoms with E-state index >= 15 is 0 Å². The lowest BCUT2D eigenvalue weighted by Gasteiger charge is -2.46. The Kier molecular flexibility index (Phi) is 10.4. The van der Waals surface area contributed by atoms with Crippen LogP contribution in [-0.4, -0.2) is 86.5 Å². The van der Waals surface area contributed by atoms with Crippen LogP contribution in [0.4, 0.5) is 15.9 Å². The summed E-state index contributed by atoms with van der Waals surface area (Å²) in [6.07, 6.45) is 15.3. The predicted octanol–water partition coefficient (Wildman–Crippen LogP) is 6.73. The molecule has 48 heavy (non-hydrogen) atoms. The number of ether oxygens (including phenoxy) is 1. The van der Waals surface area contributed by atoms with Gasteiger partial charge in [-0.3, -0.25) is 4.79 Å². The molecular formula is C37H51FN8O2.